The van der Waals surface area contributed by atoms with Gasteiger partial charge in [0.15, 0.2) is 11.4 Å². The molecule has 4 aromatic rings. The number of aryl methyl sites for hydroxylation is 1. The summed E-state index contributed by atoms with van der Waals surface area (Å²) in [4.78, 5) is 23.0. The van der Waals surface area contributed by atoms with Gasteiger partial charge in [-0.05, 0) is 56.9 Å². The first kappa shape index (κ1) is 26.1. The van der Waals surface area contributed by atoms with E-state index in [9.17, 15) is 4.79 Å². The molecule has 1 unspecified atom stereocenters. The van der Waals surface area contributed by atoms with Crippen molar-refractivity contribution in [3.8, 4) is 11.3 Å². The third-order valence-electron chi connectivity index (χ3n) is 7.82. The van der Waals surface area contributed by atoms with Gasteiger partial charge in [0.25, 0.3) is 6.01 Å². The van der Waals surface area contributed by atoms with Crippen LogP contribution in [0, 0.1) is 6.92 Å². The number of nitrogens with one attached hydrogen (secondary N) is 3. The fourth-order valence-corrected chi connectivity index (χ4v) is 5.88. The van der Waals surface area contributed by atoms with Crippen LogP contribution in [0.25, 0.3) is 17.0 Å². The molecular weight excluding hydrogens is 508 g/mol. The maximum atomic E-state index is 11.6. The van der Waals surface area contributed by atoms with E-state index in [-0.39, 0.29) is 6.04 Å². The summed E-state index contributed by atoms with van der Waals surface area (Å²) in [6.45, 7) is 3.92. The highest BCUT2D eigenvalue weighted by atomic mass is 16.5. The molecule has 1 aliphatic heterocycles. The lowest BCUT2D eigenvalue weighted by molar-refractivity contribution is 0.187. The normalized spacial score (nSPS) is 21.4. The van der Waals surface area contributed by atoms with Gasteiger partial charge in [0.05, 0.1) is 25.2 Å². The largest absolute Gasteiger partial charge is 0.453 e. The van der Waals surface area contributed by atoms with Crippen LogP contribution < -0.4 is 20.9 Å². The molecule has 3 N–H and O–H groups in total. The van der Waals surface area contributed by atoms with Gasteiger partial charge in [0, 0.05) is 42.5 Å². The SMILES string of the molecule is COC(=O)Nc1cccc(-c2cnc(NC3CCCC[C@H]3N[C@H]3CCCN(c4ccc5nc(C)nn5c4)C3)o2)c1. The quantitative estimate of drug-likeness (QED) is 0.300. The van der Waals surface area contributed by atoms with E-state index in [0.29, 0.717) is 29.5 Å². The number of benzene rings is 1. The van der Waals surface area contributed by atoms with Crippen molar-refractivity contribution in [3.63, 3.8) is 0 Å². The van der Waals surface area contributed by atoms with Crippen molar-refractivity contribution in [3.05, 3.63) is 54.6 Å². The summed E-state index contributed by atoms with van der Waals surface area (Å²) in [5.41, 5.74) is 3.52. The summed E-state index contributed by atoms with van der Waals surface area (Å²) < 4.78 is 12.7. The number of methoxy groups -OCH3 is 1. The van der Waals surface area contributed by atoms with E-state index in [0.717, 1.165) is 55.8 Å². The molecule has 2 fully saturated rings. The Labute approximate surface area is 233 Å². The molecule has 40 heavy (non-hydrogen) atoms. The molecule has 6 rings (SSSR count). The van der Waals surface area contributed by atoms with Crippen molar-refractivity contribution < 1.29 is 13.9 Å². The Morgan fingerprint density at radius 1 is 1.10 bits per heavy atom. The maximum Gasteiger partial charge on any atom is 0.411 e. The Hall–Kier alpha value is -4.12. The minimum absolute atomic E-state index is 0.234. The predicted octanol–water partition coefficient (Wildman–Crippen LogP) is 4.85. The van der Waals surface area contributed by atoms with Crippen molar-refractivity contribution >= 4 is 29.1 Å². The zero-order valence-corrected chi connectivity index (χ0v) is 23.0. The Morgan fingerprint density at radius 3 is 2.85 bits per heavy atom. The third kappa shape index (κ3) is 5.89. The highest BCUT2D eigenvalue weighted by Crippen LogP contribution is 2.29. The molecular formula is C29H36N8O3. The minimum Gasteiger partial charge on any atom is -0.453 e. The second-order valence-corrected chi connectivity index (χ2v) is 10.7. The average Bonchev–Trinajstić information content (AvgIpc) is 3.59. The van der Waals surface area contributed by atoms with Crippen LogP contribution in [0.3, 0.4) is 0 Å². The Balaban J connectivity index is 1.10. The Kier molecular flexibility index (Phi) is 7.54. The monoisotopic (exact) mass is 544 g/mol. The van der Waals surface area contributed by atoms with Crippen LogP contribution in [0.2, 0.25) is 0 Å². The average molecular weight is 545 g/mol. The summed E-state index contributed by atoms with van der Waals surface area (Å²) in [5, 5.41) is 14.7. The highest BCUT2D eigenvalue weighted by molar-refractivity contribution is 5.85. The molecule has 1 saturated carbocycles. The maximum absolute atomic E-state index is 11.6. The Bertz CT molecular complexity index is 1470. The second-order valence-electron chi connectivity index (χ2n) is 10.7. The molecule has 3 atom stereocenters. The molecule has 0 bridgehead atoms. The van der Waals surface area contributed by atoms with Gasteiger partial charge in [-0.25, -0.2) is 19.3 Å². The van der Waals surface area contributed by atoms with Crippen molar-refractivity contribution in [1.29, 1.82) is 0 Å². The summed E-state index contributed by atoms with van der Waals surface area (Å²) >= 11 is 0. The summed E-state index contributed by atoms with van der Waals surface area (Å²) in [7, 11) is 1.34. The standard InChI is InChI=1S/C29H36N8O3/c1-19-31-27-13-12-23(18-37(27)35-19)36-14-6-9-22(17-36)32-24-10-3-4-11-25(24)34-28-30-16-26(40-28)20-7-5-8-21(15-20)33-29(38)39-2/h5,7-8,12-13,15-16,18,22,24-25,32H,3-4,6,9-11,14,17H2,1-2H3,(H,30,34)(H,33,38)/t22-,24+,25?/m0/s1. The summed E-state index contributed by atoms with van der Waals surface area (Å²) in [5.74, 6) is 1.42. The molecule has 4 heterocycles. The smallest absolute Gasteiger partial charge is 0.411 e. The van der Waals surface area contributed by atoms with Crippen molar-refractivity contribution in [2.45, 2.75) is 63.6 Å². The van der Waals surface area contributed by atoms with Crippen LogP contribution in [-0.2, 0) is 4.74 Å². The molecule has 210 valence electrons. The van der Waals surface area contributed by atoms with E-state index >= 15 is 0 Å². The van der Waals surface area contributed by atoms with Crippen molar-refractivity contribution in [1.82, 2.24) is 24.9 Å². The first-order valence-corrected chi connectivity index (χ1v) is 14.1. The van der Waals surface area contributed by atoms with Gasteiger partial charge < -0.3 is 24.7 Å². The van der Waals surface area contributed by atoms with Gasteiger partial charge in [0.2, 0.25) is 0 Å². The molecule has 2 aliphatic rings. The van der Waals surface area contributed by atoms with E-state index in [1.54, 1.807) is 12.3 Å². The lowest BCUT2D eigenvalue weighted by atomic mass is 9.89. The molecule has 11 heteroatoms. The van der Waals surface area contributed by atoms with E-state index in [2.05, 4.69) is 52.9 Å². The molecule has 1 aliphatic carbocycles. The number of carbonyl (C=O) groups excluding carboxylic acids is 1. The fourth-order valence-electron chi connectivity index (χ4n) is 5.88. The molecule has 3 aromatic heterocycles. The first-order chi connectivity index (χ1) is 19.5. The number of hydrogen-bond donors (Lipinski definition) is 3. The predicted molar refractivity (Wildman–Crippen MR) is 154 cm³/mol. The molecule has 0 spiro atoms. The van der Waals surface area contributed by atoms with E-state index in [4.69, 9.17) is 4.42 Å². The number of nitrogens with zero attached hydrogens (tertiary/aromatic N) is 5. The molecule has 1 aromatic carbocycles. The van der Waals surface area contributed by atoms with Crippen molar-refractivity contribution in [2.24, 2.45) is 0 Å². The number of carbonyl (C=O) groups is 1. The topological polar surface area (TPSA) is 122 Å². The molecule has 1 amide bonds. The van der Waals surface area contributed by atoms with Crippen LogP contribution in [0.4, 0.5) is 22.2 Å². The van der Waals surface area contributed by atoms with Crippen LogP contribution in [0.1, 0.15) is 44.3 Å². The zero-order chi connectivity index (χ0) is 27.5. The molecule has 0 radical (unpaired) electrons. The van der Waals surface area contributed by atoms with Crippen LogP contribution in [0.15, 0.2) is 53.2 Å². The minimum atomic E-state index is -0.514. The first-order valence-electron chi connectivity index (χ1n) is 14.1. The second kappa shape index (κ2) is 11.5. The van der Waals surface area contributed by atoms with Crippen LogP contribution in [-0.4, -0.2) is 64.0 Å². The third-order valence-corrected chi connectivity index (χ3v) is 7.82. The number of amides is 1. The van der Waals surface area contributed by atoms with Gasteiger partial charge in [0.1, 0.15) is 5.82 Å². The number of pyridine rings is 1. The Morgan fingerprint density at radius 2 is 1.98 bits per heavy atom. The van der Waals surface area contributed by atoms with Gasteiger partial charge in [-0.3, -0.25) is 5.32 Å². The zero-order valence-electron chi connectivity index (χ0n) is 23.0. The lowest BCUT2D eigenvalue weighted by Gasteiger charge is -2.40. The number of anilines is 3. The number of oxazole rings is 1. The number of rotatable bonds is 7. The number of ether oxygens (including phenoxy) is 1. The number of hydrogen-bond acceptors (Lipinski definition) is 9. The number of fused-ring (bicyclic) bond motifs is 1. The van der Waals surface area contributed by atoms with E-state index < -0.39 is 6.09 Å². The van der Waals surface area contributed by atoms with Crippen LogP contribution >= 0.6 is 0 Å². The highest BCUT2D eigenvalue weighted by Gasteiger charge is 2.30. The van der Waals surface area contributed by atoms with Gasteiger partial charge >= 0.3 is 6.09 Å². The summed E-state index contributed by atoms with van der Waals surface area (Å²) in [6.07, 6.45) is 10.2. The lowest BCUT2D eigenvalue weighted by Crippen LogP contribution is -2.54. The summed E-state index contributed by atoms with van der Waals surface area (Å²) in [6, 6.07) is 13.1. The molecule has 1 saturated heterocycles. The van der Waals surface area contributed by atoms with Crippen LogP contribution in [0.5, 0.6) is 0 Å². The van der Waals surface area contributed by atoms with Crippen molar-refractivity contribution in [2.75, 3.05) is 35.7 Å². The van der Waals surface area contributed by atoms with Gasteiger partial charge in [-0.2, -0.15) is 5.10 Å². The number of aromatic nitrogens is 4. The van der Waals surface area contributed by atoms with E-state index in [1.807, 2.05) is 35.7 Å². The van der Waals surface area contributed by atoms with Gasteiger partial charge in [-0.15, -0.1) is 0 Å². The number of piperidine rings is 1. The fraction of sp³-hybridized carbons (Fsp3) is 0.448. The van der Waals surface area contributed by atoms with Gasteiger partial charge in [-0.1, -0.05) is 25.0 Å². The van der Waals surface area contributed by atoms with E-state index in [1.165, 1.54) is 25.6 Å². The molecule has 11 nitrogen and oxygen atoms in total.